The predicted molar refractivity (Wildman–Crippen MR) is 62.7 cm³/mol. The summed E-state index contributed by atoms with van der Waals surface area (Å²) in [6, 6.07) is 0.348. The first-order chi connectivity index (χ1) is 7.20. The number of hydrogen-bond donors (Lipinski definition) is 1. The van der Waals surface area contributed by atoms with Crippen molar-refractivity contribution in [2.24, 2.45) is 0 Å². The smallest absolute Gasteiger partial charge is 0.240 e. The van der Waals surface area contributed by atoms with Gasteiger partial charge in [-0.3, -0.25) is 4.79 Å². The molecule has 0 spiro atoms. The molecular formula is C12H22N2O. The van der Waals surface area contributed by atoms with Crippen LogP contribution in [0.15, 0.2) is 12.7 Å². The number of rotatable bonds is 6. The van der Waals surface area contributed by atoms with Crippen molar-refractivity contribution < 1.29 is 4.79 Å². The third kappa shape index (κ3) is 3.06. The highest BCUT2D eigenvalue weighted by Gasteiger charge is 2.33. The van der Waals surface area contributed by atoms with Gasteiger partial charge in [0.15, 0.2) is 0 Å². The summed E-state index contributed by atoms with van der Waals surface area (Å²) in [6.07, 6.45) is 4.78. The molecule has 1 rings (SSSR count). The first-order valence-corrected chi connectivity index (χ1v) is 5.85. The van der Waals surface area contributed by atoms with Gasteiger partial charge in [0, 0.05) is 12.6 Å². The van der Waals surface area contributed by atoms with Crippen LogP contribution < -0.4 is 5.32 Å². The van der Waals surface area contributed by atoms with E-state index < -0.39 is 0 Å². The van der Waals surface area contributed by atoms with E-state index in [4.69, 9.17) is 0 Å². The van der Waals surface area contributed by atoms with E-state index in [0.717, 1.165) is 32.4 Å². The Bertz CT molecular complexity index is 228. The molecule has 0 aromatic heterocycles. The first-order valence-electron chi connectivity index (χ1n) is 5.85. The van der Waals surface area contributed by atoms with Crippen molar-refractivity contribution in [1.82, 2.24) is 10.2 Å². The van der Waals surface area contributed by atoms with Gasteiger partial charge in [-0.05, 0) is 32.7 Å². The van der Waals surface area contributed by atoms with Crippen LogP contribution in [-0.2, 0) is 4.79 Å². The van der Waals surface area contributed by atoms with Crippen molar-refractivity contribution in [2.45, 2.75) is 45.2 Å². The van der Waals surface area contributed by atoms with Gasteiger partial charge in [0.05, 0.1) is 6.04 Å². The number of likely N-dealkylation sites (tertiary alicyclic amines) is 1. The summed E-state index contributed by atoms with van der Waals surface area (Å²) in [6.45, 7) is 9.73. The monoisotopic (exact) mass is 210 g/mol. The fourth-order valence-corrected chi connectivity index (χ4v) is 2.02. The molecule has 86 valence electrons. The predicted octanol–water partition coefficient (Wildman–Crippen LogP) is 1.55. The van der Waals surface area contributed by atoms with E-state index >= 15 is 0 Å². The molecule has 1 N–H and O–H groups in total. The fraction of sp³-hybridized carbons (Fsp3) is 0.750. The van der Waals surface area contributed by atoms with Crippen LogP contribution >= 0.6 is 0 Å². The van der Waals surface area contributed by atoms with Crippen molar-refractivity contribution in [3.05, 3.63) is 12.7 Å². The number of hydrogen-bond acceptors (Lipinski definition) is 2. The Labute approximate surface area is 92.5 Å². The van der Waals surface area contributed by atoms with E-state index in [1.165, 1.54) is 0 Å². The van der Waals surface area contributed by atoms with Crippen LogP contribution in [0, 0.1) is 0 Å². The van der Waals surface area contributed by atoms with Crippen molar-refractivity contribution in [3.63, 3.8) is 0 Å². The lowest BCUT2D eigenvalue weighted by Crippen LogP contribution is -2.41. The number of carbonyl (C=O) groups is 1. The van der Waals surface area contributed by atoms with Gasteiger partial charge in [-0.2, -0.15) is 0 Å². The molecule has 1 fully saturated rings. The zero-order valence-electron chi connectivity index (χ0n) is 9.83. The van der Waals surface area contributed by atoms with Gasteiger partial charge < -0.3 is 10.2 Å². The average Bonchev–Trinajstić information content (AvgIpc) is 2.57. The Morgan fingerprint density at radius 2 is 2.47 bits per heavy atom. The largest absolute Gasteiger partial charge is 0.338 e. The van der Waals surface area contributed by atoms with Crippen molar-refractivity contribution in [3.8, 4) is 0 Å². The molecule has 0 aromatic carbocycles. The van der Waals surface area contributed by atoms with Gasteiger partial charge in [-0.1, -0.05) is 13.0 Å². The summed E-state index contributed by atoms with van der Waals surface area (Å²) in [7, 11) is 0. The van der Waals surface area contributed by atoms with Gasteiger partial charge in [0.2, 0.25) is 5.91 Å². The molecule has 1 amide bonds. The lowest BCUT2D eigenvalue weighted by atomic mass is 10.2. The molecule has 3 nitrogen and oxygen atoms in total. The normalized spacial score (nSPS) is 23.2. The summed E-state index contributed by atoms with van der Waals surface area (Å²) in [5.41, 5.74) is 0. The van der Waals surface area contributed by atoms with Gasteiger partial charge in [-0.25, -0.2) is 0 Å². The lowest BCUT2D eigenvalue weighted by Gasteiger charge is -2.23. The van der Waals surface area contributed by atoms with E-state index in [1.807, 2.05) is 11.0 Å². The third-order valence-corrected chi connectivity index (χ3v) is 2.92. The van der Waals surface area contributed by atoms with Crippen molar-refractivity contribution in [1.29, 1.82) is 0 Å². The standard InChI is InChI=1S/C12H22N2O/c1-4-6-10(3)14-9-7-11(12(14)15)13-8-5-2/h4,10-11,13H,1,5-9H2,2-3H3. The maximum absolute atomic E-state index is 12.0. The van der Waals surface area contributed by atoms with Crippen LogP contribution in [0.1, 0.15) is 33.1 Å². The second-order valence-corrected chi connectivity index (χ2v) is 4.20. The van der Waals surface area contributed by atoms with Crippen LogP contribution in [0.25, 0.3) is 0 Å². The summed E-state index contributed by atoms with van der Waals surface area (Å²) in [5.74, 6) is 0.262. The second-order valence-electron chi connectivity index (χ2n) is 4.20. The quantitative estimate of drug-likeness (QED) is 0.675. The minimum atomic E-state index is 0.0530. The SMILES string of the molecule is C=CCC(C)N1CCC(NCCC)C1=O. The van der Waals surface area contributed by atoms with Gasteiger partial charge >= 0.3 is 0 Å². The van der Waals surface area contributed by atoms with Gasteiger partial charge in [0.1, 0.15) is 0 Å². The van der Waals surface area contributed by atoms with Crippen LogP contribution in [0.3, 0.4) is 0 Å². The molecule has 3 heteroatoms. The summed E-state index contributed by atoms with van der Waals surface area (Å²) in [5, 5.41) is 3.29. The third-order valence-electron chi connectivity index (χ3n) is 2.92. The summed E-state index contributed by atoms with van der Waals surface area (Å²) >= 11 is 0. The van der Waals surface area contributed by atoms with Crippen molar-refractivity contribution in [2.75, 3.05) is 13.1 Å². The molecule has 0 aromatic rings. The minimum absolute atomic E-state index is 0.0530. The number of nitrogens with one attached hydrogen (secondary N) is 1. The fourth-order valence-electron chi connectivity index (χ4n) is 2.02. The average molecular weight is 210 g/mol. The molecule has 15 heavy (non-hydrogen) atoms. The summed E-state index contributed by atoms with van der Waals surface area (Å²) in [4.78, 5) is 13.9. The maximum atomic E-state index is 12.0. The zero-order chi connectivity index (χ0) is 11.3. The summed E-state index contributed by atoms with van der Waals surface area (Å²) < 4.78 is 0. The zero-order valence-corrected chi connectivity index (χ0v) is 9.83. The van der Waals surface area contributed by atoms with E-state index in [0.29, 0.717) is 6.04 Å². The number of nitrogens with zero attached hydrogens (tertiary/aromatic N) is 1. The molecule has 1 heterocycles. The Kier molecular flexibility index (Phi) is 4.82. The number of amides is 1. The van der Waals surface area contributed by atoms with Crippen LogP contribution in [-0.4, -0.2) is 36.0 Å². The van der Waals surface area contributed by atoms with Gasteiger partial charge in [0.25, 0.3) is 0 Å². The molecule has 1 aliphatic rings. The van der Waals surface area contributed by atoms with E-state index in [-0.39, 0.29) is 11.9 Å². The molecule has 0 aliphatic carbocycles. The highest BCUT2D eigenvalue weighted by atomic mass is 16.2. The highest BCUT2D eigenvalue weighted by Crippen LogP contribution is 2.16. The van der Waals surface area contributed by atoms with E-state index in [9.17, 15) is 4.79 Å². The lowest BCUT2D eigenvalue weighted by molar-refractivity contribution is -0.131. The van der Waals surface area contributed by atoms with Crippen LogP contribution in [0.2, 0.25) is 0 Å². The van der Waals surface area contributed by atoms with E-state index in [1.54, 1.807) is 0 Å². The molecule has 2 atom stereocenters. The molecule has 0 radical (unpaired) electrons. The molecule has 0 bridgehead atoms. The topological polar surface area (TPSA) is 32.3 Å². The minimum Gasteiger partial charge on any atom is -0.338 e. The van der Waals surface area contributed by atoms with Crippen LogP contribution in [0.4, 0.5) is 0 Å². The van der Waals surface area contributed by atoms with Crippen molar-refractivity contribution >= 4 is 5.91 Å². The van der Waals surface area contributed by atoms with Gasteiger partial charge in [-0.15, -0.1) is 6.58 Å². The molecule has 2 unspecified atom stereocenters. The molecule has 0 saturated carbocycles. The Hall–Kier alpha value is -0.830. The second kappa shape index (κ2) is 5.91. The molecular weight excluding hydrogens is 188 g/mol. The molecule has 1 aliphatic heterocycles. The first kappa shape index (κ1) is 12.2. The highest BCUT2D eigenvalue weighted by molar-refractivity contribution is 5.84. The number of carbonyl (C=O) groups excluding carboxylic acids is 1. The van der Waals surface area contributed by atoms with E-state index in [2.05, 4.69) is 25.7 Å². The Balaban J connectivity index is 2.44. The van der Waals surface area contributed by atoms with Crippen LogP contribution in [0.5, 0.6) is 0 Å². The molecule has 1 saturated heterocycles. The Morgan fingerprint density at radius 1 is 1.73 bits per heavy atom. The maximum Gasteiger partial charge on any atom is 0.240 e. The Morgan fingerprint density at radius 3 is 3.07 bits per heavy atom.